The van der Waals surface area contributed by atoms with Gasteiger partial charge in [0, 0.05) is 13.1 Å². The van der Waals surface area contributed by atoms with Crippen LogP contribution in [0.15, 0.2) is 48.5 Å². The fourth-order valence-corrected chi connectivity index (χ4v) is 3.33. The topological polar surface area (TPSA) is 80.5 Å². The number of aromatic nitrogens is 3. The molecule has 1 aliphatic heterocycles. The summed E-state index contributed by atoms with van der Waals surface area (Å²) >= 11 is 0. The molecule has 3 aromatic rings. The number of para-hydroxylation sites is 2. The van der Waals surface area contributed by atoms with Crippen molar-refractivity contribution in [1.82, 2.24) is 15.0 Å². The average molecular weight is 364 g/mol. The van der Waals surface area contributed by atoms with Gasteiger partial charge in [0.1, 0.15) is 11.4 Å². The highest BCUT2D eigenvalue weighted by Gasteiger charge is 2.27. The van der Waals surface area contributed by atoms with Crippen molar-refractivity contribution in [1.29, 1.82) is 0 Å². The van der Waals surface area contributed by atoms with Crippen LogP contribution in [0.3, 0.4) is 0 Å². The maximum Gasteiger partial charge on any atom is 0.360 e. The largest absolute Gasteiger partial charge is 0.492 e. The summed E-state index contributed by atoms with van der Waals surface area (Å²) in [6, 6.07) is 15.5. The minimum Gasteiger partial charge on any atom is -0.492 e. The number of carbonyl (C=O) groups is 1. The number of aromatic carboxylic acids is 1. The van der Waals surface area contributed by atoms with Crippen LogP contribution < -0.4 is 9.64 Å². The predicted molar refractivity (Wildman–Crippen MR) is 101 cm³/mol. The molecule has 0 fully saturated rings. The van der Waals surface area contributed by atoms with Gasteiger partial charge in [0.15, 0.2) is 5.82 Å². The molecule has 1 N–H and O–H groups in total. The molecule has 7 nitrogen and oxygen atoms in total. The zero-order valence-electron chi connectivity index (χ0n) is 15.0. The number of benzene rings is 2. The van der Waals surface area contributed by atoms with Crippen LogP contribution in [0.4, 0.5) is 5.82 Å². The maximum absolute atomic E-state index is 11.8. The lowest BCUT2D eigenvalue weighted by molar-refractivity contribution is 0.0690. The molecule has 4 rings (SSSR count). The first kappa shape index (κ1) is 17.1. The summed E-state index contributed by atoms with van der Waals surface area (Å²) in [4.78, 5) is 15.1. The Morgan fingerprint density at radius 2 is 1.85 bits per heavy atom. The smallest absolute Gasteiger partial charge is 0.360 e. The van der Waals surface area contributed by atoms with E-state index in [1.807, 2.05) is 48.2 Å². The summed E-state index contributed by atoms with van der Waals surface area (Å²) in [6.45, 7) is 3.71. The van der Waals surface area contributed by atoms with Crippen LogP contribution in [0.25, 0.3) is 5.69 Å². The van der Waals surface area contributed by atoms with Crippen molar-refractivity contribution in [2.75, 3.05) is 18.1 Å². The van der Waals surface area contributed by atoms with Gasteiger partial charge in [0.25, 0.3) is 0 Å². The van der Waals surface area contributed by atoms with Gasteiger partial charge in [-0.05, 0) is 36.6 Å². The summed E-state index contributed by atoms with van der Waals surface area (Å²) in [5.74, 6) is -0.102. The molecule has 0 saturated heterocycles. The summed E-state index contributed by atoms with van der Waals surface area (Å²) in [7, 11) is 0. The Morgan fingerprint density at radius 3 is 2.63 bits per heavy atom. The van der Waals surface area contributed by atoms with Crippen molar-refractivity contribution in [3.8, 4) is 11.4 Å². The Bertz CT molecular complexity index is 983. The van der Waals surface area contributed by atoms with Gasteiger partial charge in [-0.3, -0.25) is 0 Å². The number of hydrogen-bond acceptors (Lipinski definition) is 5. The van der Waals surface area contributed by atoms with Gasteiger partial charge < -0.3 is 14.7 Å². The van der Waals surface area contributed by atoms with E-state index in [9.17, 15) is 9.90 Å². The third kappa shape index (κ3) is 3.23. The average Bonchev–Trinajstić information content (AvgIpc) is 3.14. The van der Waals surface area contributed by atoms with Gasteiger partial charge >= 0.3 is 5.97 Å². The van der Waals surface area contributed by atoms with Crippen molar-refractivity contribution in [3.63, 3.8) is 0 Å². The van der Waals surface area contributed by atoms with Crippen LogP contribution in [0.5, 0.6) is 5.75 Å². The fourth-order valence-electron chi connectivity index (χ4n) is 3.33. The SMILES string of the molecule is CCOc1ccccc1-n1nc(C(=O)O)c(N2CCc3ccccc3C2)n1. The Kier molecular flexibility index (Phi) is 4.50. The van der Waals surface area contributed by atoms with Gasteiger partial charge in [-0.2, -0.15) is 0 Å². The molecule has 27 heavy (non-hydrogen) atoms. The zero-order valence-corrected chi connectivity index (χ0v) is 15.0. The van der Waals surface area contributed by atoms with Crippen molar-refractivity contribution in [3.05, 3.63) is 65.4 Å². The standard InChI is InChI=1S/C20H20N4O3/c1-2-27-17-10-6-5-9-16(17)24-21-18(20(25)26)19(22-24)23-12-11-14-7-3-4-8-15(14)13-23/h3-10H,2,11-13H2,1H3,(H,25,26). The first-order chi connectivity index (χ1) is 13.2. The molecular weight excluding hydrogens is 344 g/mol. The third-order valence-corrected chi connectivity index (χ3v) is 4.61. The number of fused-ring (bicyclic) bond motifs is 1. The monoisotopic (exact) mass is 364 g/mol. The first-order valence-corrected chi connectivity index (χ1v) is 8.92. The number of hydrogen-bond donors (Lipinski definition) is 1. The first-order valence-electron chi connectivity index (χ1n) is 8.92. The van der Waals surface area contributed by atoms with Crippen molar-refractivity contribution in [2.24, 2.45) is 0 Å². The van der Waals surface area contributed by atoms with E-state index in [2.05, 4.69) is 22.3 Å². The second-order valence-corrected chi connectivity index (χ2v) is 6.31. The van der Waals surface area contributed by atoms with Crippen LogP contribution in [0.1, 0.15) is 28.5 Å². The van der Waals surface area contributed by atoms with Gasteiger partial charge in [-0.1, -0.05) is 36.4 Å². The second kappa shape index (κ2) is 7.11. The number of carboxylic acids is 1. The number of carboxylic acid groups (broad SMARTS) is 1. The van der Waals surface area contributed by atoms with E-state index in [1.54, 1.807) is 0 Å². The molecule has 7 heteroatoms. The lowest BCUT2D eigenvalue weighted by atomic mass is 10.00. The molecule has 1 aromatic heterocycles. The molecule has 0 spiro atoms. The van der Waals surface area contributed by atoms with Gasteiger partial charge in [-0.25, -0.2) is 4.79 Å². The van der Waals surface area contributed by atoms with E-state index in [1.165, 1.54) is 15.9 Å². The van der Waals surface area contributed by atoms with Gasteiger partial charge in [0.2, 0.25) is 5.69 Å². The van der Waals surface area contributed by atoms with E-state index < -0.39 is 5.97 Å². The normalized spacial score (nSPS) is 13.3. The molecule has 2 heterocycles. The highest BCUT2D eigenvalue weighted by molar-refractivity contribution is 5.91. The van der Waals surface area contributed by atoms with E-state index in [0.29, 0.717) is 37.0 Å². The highest BCUT2D eigenvalue weighted by Crippen LogP contribution is 2.28. The fraction of sp³-hybridized carbons (Fsp3) is 0.250. The molecule has 1 aliphatic rings. The molecule has 0 bridgehead atoms. The van der Waals surface area contributed by atoms with Crippen LogP contribution in [0.2, 0.25) is 0 Å². The molecule has 0 aliphatic carbocycles. The van der Waals surface area contributed by atoms with E-state index in [0.717, 1.165) is 6.42 Å². The zero-order chi connectivity index (χ0) is 18.8. The molecule has 138 valence electrons. The van der Waals surface area contributed by atoms with Crippen LogP contribution in [-0.4, -0.2) is 39.2 Å². The number of rotatable bonds is 5. The summed E-state index contributed by atoms with van der Waals surface area (Å²) in [5, 5.41) is 18.4. The molecule has 0 radical (unpaired) electrons. The lowest BCUT2D eigenvalue weighted by Gasteiger charge is -2.28. The third-order valence-electron chi connectivity index (χ3n) is 4.61. The Labute approximate surface area is 156 Å². The molecule has 0 atom stereocenters. The van der Waals surface area contributed by atoms with E-state index in [-0.39, 0.29) is 5.69 Å². The summed E-state index contributed by atoms with van der Waals surface area (Å²) in [6.07, 6.45) is 0.845. The minimum absolute atomic E-state index is 0.0549. The summed E-state index contributed by atoms with van der Waals surface area (Å²) < 4.78 is 5.63. The van der Waals surface area contributed by atoms with Crippen LogP contribution in [-0.2, 0) is 13.0 Å². The maximum atomic E-state index is 11.8. The van der Waals surface area contributed by atoms with Gasteiger partial charge in [-0.15, -0.1) is 15.0 Å². The second-order valence-electron chi connectivity index (χ2n) is 6.31. The van der Waals surface area contributed by atoms with E-state index >= 15 is 0 Å². The van der Waals surface area contributed by atoms with Crippen molar-refractivity contribution in [2.45, 2.75) is 19.9 Å². The van der Waals surface area contributed by atoms with Crippen LogP contribution in [0, 0.1) is 0 Å². The lowest BCUT2D eigenvalue weighted by Crippen LogP contribution is -2.31. The Balaban J connectivity index is 1.74. The summed E-state index contributed by atoms with van der Waals surface area (Å²) in [5.41, 5.74) is 3.04. The molecule has 0 saturated carbocycles. The molecule has 0 unspecified atom stereocenters. The predicted octanol–water partition coefficient (Wildman–Crippen LogP) is 2.93. The number of anilines is 1. The van der Waals surface area contributed by atoms with E-state index in [4.69, 9.17) is 4.74 Å². The molecule has 0 amide bonds. The Morgan fingerprint density at radius 1 is 1.11 bits per heavy atom. The number of ether oxygens (including phenoxy) is 1. The minimum atomic E-state index is -1.09. The molecular formula is C20H20N4O3. The number of nitrogens with zero attached hydrogens (tertiary/aromatic N) is 4. The quantitative estimate of drug-likeness (QED) is 0.750. The molecule has 2 aromatic carbocycles. The van der Waals surface area contributed by atoms with Gasteiger partial charge in [0.05, 0.1) is 6.61 Å². The Hall–Kier alpha value is -3.35. The van der Waals surface area contributed by atoms with Crippen molar-refractivity contribution < 1.29 is 14.6 Å². The highest BCUT2D eigenvalue weighted by atomic mass is 16.5. The van der Waals surface area contributed by atoms with Crippen LogP contribution >= 0.6 is 0 Å². The van der Waals surface area contributed by atoms with Crippen molar-refractivity contribution >= 4 is 11.8 Å².